The molecule has 0 saturated carbocycles. The van der Waals surface area contributed by atoms with Gasteiger partial charge in [0.15, 0.2) is 0 Å². The van der Waals surface area contributed by atoms with E-state index in [1.807, 2.05) is 20.8 Å². The minimum absolute atomic E-state index is 0.0525. The normalized spacial score (nSPS) is 36.5. The van der Waals surface area contributed by atoms with Crippen LogP contribution in [0.2, 0.25) is 0 Å². The molecule has 2 bridgehead atoms. The van der Waals surface area contributed by atoms with E-state index in [9.17, 15) is 19.5 Å². The van der Waals surface area contributed by atoms with Gasteiger partial charge in [-0.05, 0) is 33.1 Å². The molecule has 30 heavy (non-hydrogen) atoms. The Balaban J connectivity index is 2.03. The monoisotopic (exact) mass is 488 g/mol. The molecule has 3 fully saturated rings. The number of nitrogens with zero attached hydrogens (tertiary/aromatic N) is 1. The summed E-state index contributed by atoms with van der Waals surface area (Å²) in [7, 11) is 0. The lowest BCUT2D eigenvalue weighted by Gasteiger charge is -2.37. The second-order valence-corrected chi connectivity index (χ2v) is 9.78. The van der Waals surface area contributed by atoms with Crippen LogP contribution in [0.1, 0.15) is 53.4 Å². The summed E-state index contributed by atoms with van der Waals surface area (Å²) in [6, 6.07) is -1.46. The molecule has 1 spiro atoms. The van der Waals surface area contributed by atoms with Crippen molar-refractivity contribution in [1.29, 1.82) is 0 Å². The molecule has 9 heteroatoms. The lowest BCUT2D eigenvalue weighted by Crippen LogP contribution is -2.59. The van der Waals surface area contributed by atoms with Crippen molar-refractivity contribution < 1.29 is 29.0 Å². The number of ether oxygens (including phenoxy) is 2. The molecule has 3 aliphatic rings. The Morgan fingerprint density at radius 1 is 1.40 bits per heavy atom. The number of carbonyl (C=O) groups is 3. The van der Waals surface area contributed by atoms with E-state index in [2.05, 4.69) is 21.2 Å². The molecule has 0 aliphatic carbocycles. The number of alkyl halides is 1. The smallest absolute Gasteiger partial charge is 0.312 e. The van der Waals surface area contributed by atoms with Crippen molar-refractivity contribution in [2.24, 2.45) is 11.8 Å². The molecule has 0 aromatic carbocycles. The molecule has 2 N–H and O–H groups in total. The fourth-order valence-corrected chi connectivity index (χ4v) is 6.45. The third-order valence-electron chi connectivity index (χ3n) is 6.72. The summed E-state index contributed by atoms with van der Waals surface area (Å²) in [5.41, 5.74) is -1.11. The largest absolute Gasteiger partial charge is 0.466 e. The van der Waals surface area contributed by atoms with Crippen LogP contribution in [-0.2, 0) is 23.9 Å². The number of hydrogen-bond acceptors (Lipinski definition) is 6. The lowest BCUT2D eigenvalue weighted by molar-refractivity contribution is -0.155. The van der Waals surface area contributed by atoms with E-state index in [1.165, 1.54) is 4.90 Å². The van der Waals surface area contributed by atoms with Crippen molar-refractivity contribution >= 4 is 33.7 Å². The number of carbonyl (C=O) groups excluding carboxylic acids is 3. The highest BCUT2D eigenvalue weighted by molar-refractivity contribution is 9.09. The number of nitrogens with one attached hydrogen (secondary N) is 1. The van der Waals surface area contributed by atoms with Gasteiger partial charge in [-0.1, -0.05) is 36.2 Å². The summed E-state index contributed by atoms with van der Waals surface area (Å²) in [6.45, 7) is 7.51. The Labute approximate surface area is 186 Å². The average molecular weight is 489 g/mol. The minimum atomic E-state index is -1.11. The van der Waals surface area contributed by atoms with Crippen molar-refractivity contribution in [3.8, 4) is 0 Å². The highest BCUT2D eigenvalue weighted by Gasteiger charge is 2.77. The number of esters is 1. The standard InChI is InChI=1S/C21H33BrN2O6/c1-5-8-11(4)23-18(26)17-21-9-13(22)16(30-21)14(20(28)29-7-3)15(21)19(27)24(17)12(6-2)10-25/h11-17,25H,5-10H2,1-4H3,(H,23,26)/t11?,12-,13?,14+,15-,16+,17?,21?/m0/s1. The number of hydrogen-bond donors (Lipinski definition) is 2. The van der Waals surface area contributed by atoms with E-state index in [-0.39, 0.29) is 35.9 Å². The van der Waals surface area contributed by atoms with Crippen molar-refractivity contribution in [3.63, 3.8) is 0 Å². The predicted molar refractivity (Wildman–Crippen MR) is 113 cm³/mol. The number of fused-ring (bicyclic) bond motifs is 1. The van der Waals surface area contributed by atoms with Crippen LogP contribution in [0, 0.1) is 11.8 Å². The zero-order valence-corrected chi connectivity index (χ0v) is 19.7. The molecule has 0 aromatic heterocycles. The molecule has 3 heterocycles. The maximum atomic E-state index is 13.6. The molecule has 0 radical (unpaired) electrons. The van der Waals surface area contributed by atoms with Crippen molar-refractivity contribution in [2.45, 2.75) is 88.0 Å². The Morgan fingerprint density at radius 2 is 2.10 bits per heavy atom. The van der Waals surface area contributed by atoms with E-state index in [1.54, 1.807) is 6.92 Å². The Kier molecular flexibility index (Phi) is 7.14. The first-order valence-corrected chi connectivity index (χ1v) is 11.9. The van der Waals surface area contributed by atoms with Gasteiger partial charge in [0, 0.05) is 10.9 Å². The second-order valence-electron chi connectivity index (χ2n) is 8.60. The molecule has 0 aromatic rings. The number of aliphatic hydroxyl groups is 1. The van der Waals surface area contributed by atoms with Crippen molar-refractivity contribution in [2.75, 3.05) is 13.2 Å². The summed E-state index contributed by atoms with van der Waals surface area (Å²) >= 11 is 3.61. The maximum Gasteiger partial charge on any atom is 0.312 e. The fourth-order valence-electron chi connectivity index (χ4n) is 5.51. The summed E-state index contributed by atoms with van der Waals surface area (Å²) in [5.74, 6) is -2.61. The Bertz CT molecular complexity index is 686. The first kappa shape index (κ1) is 23.5. The second kappa shape index (κ2) is 9.12. The minimum Gasteiger partial charge on any atom is -0.466 e. The van der Waals surface area contributed by atoms with Gasteiger partial charge in [0.05, 0.1) is 37.2 Å². The summed E-state index contributed by atoms with van der Waals surface area (Å²) in [6.07, 6.45) is 2.16. The molecule has 4 unspecified atom stereocenters. The van der Waals surface area contributed by atoms with Crippen LogP contribution in [0.3, 0.4) is 0 Å². The van der Waals surface area contributed by atoms with Gasteiger partial charge in [-0.2, -0.15) is 0 Å². The van der Waals surface area contributed by atoms with Crippen LogP contribution in [0.25, 0.3) is 0 Å². The van der Waals surface area contributed by atoms with E-state index < -0.39 is 41.6 Å². The average Bonchev–Trinajstić information content (AvgIpc) is 3.27. The van der Waals surface area contributed by atoms with Crippen LogP contribution in [0.15, 0.2) is 0 Å². The lowest BCUT2D eigenvalue weighted by atomic mass is 9.70. The highest BCUT2D eigenvalue weighted by atomic mass is 79.9. The van der Waals surface area contributed by atoms with Crippen LogP contribution in [-0.4, -0.2) is 75.7 Å². The quantitative estimate of drug-likeness (QED) is 0.375. The third-order valence-corrected chi connectivity index (χ3v) is 7.56. The van der Waals surface area contributed by atoms with Crippen LogP contribution < -0.4 is 5.32 Å². The highest BCUT2D eigenvalue weighted by Crippen LogP contribution is 2.60. The molecule has 8 atom stereocenters. The first-order valence-electron chi connectivity index (χ1n) is 11.0. The topological polar surface area (TPSA) is 105 Å². The summed E-state index contributed by atoms with van der Waals surface area (Å²) in [4.78, 5) is 41.2. The van der Waals surface area contributed by atoms with Crippen LogP contribution >= 0.6 is 15.9 Å². The van der Waals surface area contributed by atoms with Gasteiger partial charge in [0.1, 0.15) is 11.6 Å². The SMILES string of the molecule is CCCC(C)NC(=O)C1N([C@@H](CC)CO)C(=O)[C@@H]2[C@@H](C(=O)OCC)[C@@H]3OC12CC3Br. The molecule has 3 rings (SSSR count). The van der Waals surface area contributed by atoms with Gasteiger partial charge >= 0.3 is 5.97 Å². The van der Waals surface area contributed by atoms with E-state index in [0.29, 0.717) is 12.8 Å². The number of halogens is 1. The summed E-state index contributed by atoms with van der Waals surface area (Å²) < 4.78 is 11.6. The van der Waals surface area contributed by atoms with Crippen LogP contribution in [0.5, 0.6) is 0 Å². The zero-order chi connectivity index (χ0) is 22.2. The van der Waals surface area contributed by atoms with Gasteiger partial charge in [-0.15, -0.1) is 0 Å². The fraction of sp³-hybridized carbons (Fsp3) is 0.857. The zero-order valence-electron chi connectivity index (χ0n) is 18.1. The number of rotatable bonds is 9. The van der Waals surface area contributed by atoms with E-state index in [0.717, 1.165) is 12.8 Å². The van der Waals surface area contributed by atoms with Gasteiger partial charge in [-0.25, -0.2) is 0 Å². The van der Waals surface area contributed by atoms with Crippen LogP contribution in [0.4, 0.5) is 0 Å². The van der Waals surface area contributed by atoms with Gasteiger partial charge in [0.2, 0.25) is 11.8 Å². The molecular formula is C21H33BrN2O6. The third kappa shape index (κ3) is 3.56. The van der Waals surface area contributed by atoms with E-state index in [4.69, 9.17) is 9.47 Å². The predicted octanol–water partition coefficient (Wildman–Crippen LogP) is 1.37. The van der Waals surface area contributed by atoms with Crippen molar-refractivity contribution in [3.05, 3.63) is 0 Å². The molecule has 8 nitrogen and oxygen atoms in total. The molecule has 3 aliphatic heterocycles. The molecule has 2 amide bonds. The number of amides is 2. The Morgan fingerprint density at radius 3 is 2.67 bits per heavy atom. The first-order chi connectivity index (χ1) is 14.3. The molecular weight excluding hydrogens is 456 g/mol. The molecule has 170 valence electrons. The summed E-state index contributed by atoms with van der Waals surface area (Å²) in [5, 5.41) is 13.0. The van der Waals surface area contributed by atoms with Gasteiger partial charge < -0.3 is 24.8 Å². The Hall–Kier alpha value is -1.19. The molecule has 3 saturated heterocycles. The maximum absolute atomic E-state index is 13.6. The van der Waals surface area contributed by atoms with E-state index >= 15 is 0 Å². The van der Waals surface area contributed by atoms with Crippen molar-refractivity contribution in [1.82, 2.24) is 10.2 Å². The number of likely N-dealkylation sites (tertiary alicyclic amines) is 1. The van der Waals surface area contributed by atoms with Gasteiger partial charge in [0.25, 0.3) is 0 Å². The number of aliphatic hydroxyl groups excluding tert-OH is 1. The van der Waals surface area contributed by atoms with Gasteiger partial charge in [-0.3, -0.25) is 14.4 Å².